The van der Waals surface area contributed by atoms with E-state index in [0.717, 1.165) is 42.4 Å². The Morgan fingerprint density at radius 3 is 2.77 bits per heavy atom. The highest BCUT2D eigenvalue weighted by atomic mass is 16.7. The van der Waals surface area contributed by atoms with Crippen LogP contribution in [0.25, 0.3) is 10.9 Å². The summed E-state index contributed by atoms with van der Waals surface area (Å²) in [6.45, 7) is 8.18. The number of carbonyl (C=O) groups excluding carboxylic acids is 1. The van der Waals surface area contributed by atoms with Gasteiger partial charge < -0.3 is 18.9 Å². The normalized spacial score (nSPS) is 21.8. The molecule has 5 heteroatoms. The molecule has 2 saturated heterocycles. The van der Waals surface area contributed by atoms with E-state index in [4.69, 9.17) is 9.47 Å². The standard InChI is InChI=1S/C21H28N2O3/c1-15(2)12-23-14-18(17-7-3-4-8-19(17)23)20(24)22-9-5-6-16(13-22)21-25-10-11-26-21/h3-4,7-8,14-16,21H,5-6,9-13H2,1-2H3. The first kappa shape index (κ1) is 17.6. The van der Waals surface area contributed by atoms with Gasteiger partial charge in [0, 0.05) is 42.7 Å². The van der Waals surface area contributed by atoms with Gasteiger partial charge in [-0.1, -0.05) is 32.0 Å². The van der Waals surface area contributed by atoms with Crippen LogP contribution in [0.4, 0.5) is 0 Å². The number of aromatic nitrogens is 1. The second-order valence-electron chi connectivity index (χ2n) is 7.87. The molecule has 0 aliphatic carbocycles. The summed E-state index contributed by atoms with van der Waals surface area (Å²) in [5.41, 5.74) is 1.95. The van der Waals surface area contributed by atoms with Crippen LogP contribution in [0, 0.1) is 11.8 Å². The Kier molecular flexibility index (Phi) is 5.00. The van der Waals surface area contributed by atoms with Crippen molar-refractivity contribution in [3.05, 3.63) is 36.0 Å². The van der Waals surface area contributed by atoms with Crippen LogP contribution in [0.5, 0.6) is 0 Å². The average molecular weight is 356 g/mol. The topological polar surface area (TPSA) is 43.7 Å². The largest absolute Gasteiger partial charge is 0.350 e. The number of nitrogens with zero attached hydrogens (tertiary/aromatic N) is 2. The third-order valence-electron chi connectivity index (χ3n) is 5.36. The fraction of sp³-hybridized carbons (Fsp3) is 0.571. The number of amides is 1. The maximum absolute atomic E-state index is 13.3. The second-order valence-corrected chi connectivity index (χ2v) is 7.87. The third-order valence-corrected chi connectivity index (χ3v) is 5.36. The average Bonchev–Trinajstić information content (AvgIpc) is 3.30. The number of rotatable bonds is 4. The highest BCUT2D eigenvalue weighted by Gasteiger charge is 2.33. The van der Waals surface area contributed by atoms with Gasteiger partial charge in [-0.05, 0) is 24.8 Å². The fourth-order valence-corrected chi connectivity index (χ4v) is 4.20. The maximum Gasteiger partial charge on any atom is 0.256 e. The minimum atomic E-state index is -0.145. The van der Waals surface area contributed by atoms with Gasteiger partial charge in [0.1, 0.15) is 0 Å². The summed E-state index contributed by atoms with van der Waals surface area (Å²) >= 11 is 0. The van der Waals surface area contributed by atoms with E-state index in [2.05, 4.69) is 30.5 Å². The molecule has 0 spiro atoms. The van der Waals surface area contributed by atoms with Crippen LogP contribution in [0.2, 0.25) is 0 Å². The zero-order valence-electron chi connectivity index (χ0n) is 15.7. The number of para-hydroxylation sites is 1. The number of piperidine rings is 1. The molecular weight excluding hydrogens is 328 g/mol. The molecule has 0 radical (unpaired) electrons. The van der Waals surface area contributed by atoms with Gasteiger partial charge in [0.25, 0.3) is 5.91 Å². The van der Waals surface area contributed by atoms with E-state index in [9.17, 15) is 4.79 Å². The van der Waals surface area contributed by atoms with Crippen LogP contribution < -0.4 is 0 Å². The fourth-order valence-electron chi connectivity index (χ4n) is 4.20. The first-order chi connectivity index (χ1) is 12.6. The minimum Gasteiger partial charge on any atom is -0.350 e. The summed E-state index contributed by atoms with van der Waals surface area (Å²) in [6.07, 6.45) is 3.96. The lowest BCUT2D eigenvalue weighted by atomic mass is 9.96. The van der Waals surface area contributed by atoms with Crippen molar-refractivity contribution in [1.82, 2.24) is 9.47 Å². The number of likely N-dealkylation sites (tertiary alicyclic amines) is 1. The molecule has 2 aliphatic heterocycles. The highest BCUT2D eigenvalue weighted by Crippen LogP contribution is 2.28. The van der Waals surface area contributed by atoms with Crippen molar-refractivity contribution in [3.63, 3.8) is 0 Å². The van der Waals surface area contributed by atoms with Crippen molar-refractivity contribution in [1.29, 1.82) is 0 Å². The van der Waals surface area contributed by atoms with Crippen LogP contribution in [0.1, 0.15) is 37.0 Å². The van der Waals surface area contributed by atoms with Crippen molar-refractivity contribution in [2.75, 3.05) is 26.3 Å². The Hall–Kier alpha value is -1.85. The lowest BCUT2D eigenvalue weighted by Crippen LogP contribution is -2.43. The molecule has 1 aromatic heterocycles. The predicted octanol–water partition coefficient (Wildman–Crippen LogP) is 3.52. The molecule has 0 bridgehead atoms. The van der Waals surface area contributed by atoms with Gasteiger partial charge in [-0.25, -0.2) is 0 Å². The first-order valence-electron chi connectivity index (χ1n) is 9.74. The Balaban J connectivity index is 1.59. The van der Waals surface area contributed by atoms with Gasteiger partial charge in [-0.15, -0.1) is 0 Å². The number of carbonyl (C=O) groups is 1. The number of ether oxygens (including phenoxy) is 2. The number of hydrogen-bond acceptors (Lipinski definition) is 3. The van der Waals surface area contributed by atoms with Gasteiger partial charge in [0.15, 0.2) is 6.29 Å². The first-order valence-corrected chi connectivity index (χ1v) is 9.74. The van der Waals surface area contributed by atoms with Crippen LogP contribution in [0.3, 0.4) is 0 Å². The van der Waals surface area contributed by atoms with Gasteiger partial charge in [-0.3, -0.25) is 4.79 Å². The summed E-state index contributed by atoms with van der Waals surface area (Å²) in [5.74, 6) is 0.940. The van der Waals surface area contributed by atoms with Gasteiger partial charge >= 0.3 is 0 Å². The van der Waals surface area contributed by atoms with E-state index in [1.807, 2.05) is 23.2 Å². The predicted molar refractivity (Wildman–Crippen MR) is 101 cm³/mol. The van der Waals surface area contributed by atoms with Crippen molar-refractivity contribution in [2.24, 2.45) is 11.8 Å². The van der Waals surface area contributed by atoms with Crippen LogP contribution in [-0.2, 0) is 16.0 Å². The third kappa shape index (κ3) is 3.38. The van der Waals surface area contributed by atoms with Crippen molar-refractivity contribution < 1.29 is 14.3 Å². The monoisotopic (exact) mass is 356 g/mol. The van der Waals surface area contributed by atoms with Crippen molar-refractivity contribution in [2.45, 2.75) is 39.5 Å². The molecule has 4 rings (SSSR count). The molecule has 1 amide bonds. The van der Waals surface area contributed by atoms with E-state index in [0.29, 0.717) is 25.7 Å². The lowest BCUT2D eigenvalue weighted by Gasteiger charge is -2.34. The summed E-state index contributed by atoms with van der Waals surface area (Å²) in [4.78, 5) is 15.3. The molecule has 2 aromatic rings. The van der Waals surface area contributed by atoms with Gasteiger partial charge in [-0.2, -0.15) is 0 Å². The number of fused-ring (bicyclic) bond motifs is 1. The number of hydrogen-bond donors (Lipinski definition) is 0. The molecule has 2 aliphatic rings. The highest BCUT2D eigenvalue weighted by molar-refractivity contribution is 6.07. The molecule has 140 valence electrons. The van der Waals surface area contributed by atoms with E-state index in [1.54, 1.807) is 0 Å². The molecule has 5 nitrogen and oxygen atoms in total. The summed E-state index contributed by atoms with van der Waals surface area (Å²) in [7, 11) is 0. The summed E-state index contributed by atoms with van der Waals surface area (Å²) in [5, 5.41) is 1.05. The zero-order chi connectivity index (χ0) is 18.1. The molecular formula is C21H28N2O3. The molecule has 3 heterocycles. The van der Waals surface area contributed by atoms with Gasteiger partial charge in [0.2, 0.25) is 0 Å². The van der Waals surface area contributed by atoms with Crippen LogP contribution in [0.15, 0.2) is 30.5 Å². The van der Waals surface area contributed by atoms with Crippen LogP contribution in [-0.4, -0.2) is 48.0 Å². The SMILES string of the molecule is CC(C)Cn1cc(C(=O)N2CCCC(C3OCCO3)C2)c2ccccc21. The Morgan fingerprint density at radius 1 is 1.23 bits per heavy atom. The Morgan fingerprint density at radius 2 is 2.00 bits per heavy atom. The summed E-state index contributed by atoms with van der Waals surface area (Å²) in [6, 6.07) is 8.22. The molecule has 1 atom stereocenters. The molecule has 1 unspecified atom stereocenters. The smallest absolute Gasteiger partial charge is 0.256 e. The number of benzene rings is 1. The quantitative estimate of drug-likeness (QED) is 0.842. The van der Waals surface area contributed by atoms with Gasteiger partial charge in [0.05, 0.1) is 18.8 Å². The van der Waals surface area contributed by atoms with E-state index < -0.39 is 0 Å². The molecule has 0 N–H and O–H groups in total. The van der Waals surface area contributed by atoms with E-state index in [-0.39, 0.29) is 18.1 Å². The minimum absolute atomic E-state index is 0.131. The molecule has 0 saturated carbocycles. The lowest BCUT2D eigenvalue weighted by molar-refractivity contribution is -0.0969. The van der Waals surface area contributed by atoms with E-state index >= 15 is 0 Å². The van der Waals surface area contributed by atoms with Crippen LogP contribution >= 0.6 is 0 Å². The van der Waals surface area contributed by atoms with Crippen molar-refractivity contribution >= 4 is 16.8 Å². The zero-order valence-corrected chi connectivity index (χ0v) is 15.7. The Bertz CT molecular complexity index is 777. The summed E-state index contributed by atoms with van der Waals surface area (Å²) < 4.78 is 13.6. The molecule has 1 aromatic carbocycles. The van der Waals surface area contributed by atoms with E-state index in [1.165, 1.54) is 0 Å². The molecule has 26 heavy (non-hydrogen) atoms. The van der Waals surface area contributed by atoms with Crippen molar-refractivity contribution in [3.8, 4) is 0 Å². The second kappa shape index (κ2) is 7.41. The maximum atomic E-state index is 13.3. The Labute approximate surface area is 154 Å². The molecule has 2 fully saturated rings.